The van der Waals surface area contributed by atoms with Gasteiger partial charge in [-0.25, -0.2) is 4.39 Å². The number of hydrogen-bond donors (Lipinski definition) is 1. The standard InChI is InChI=1S/C20H20FN3O2/c1-13-17(14(2)24(3)23-13)12-20(25)22-18-9-4-5-10-19(18)26-16-8-6-7-15(21)11-16/h4-11H,12H2,1-3H3,(H,22,25). The lowest BCUT2D eigenvalue weighted by molar-refractivity contribution is -0.115. The fraction of sp³-hybridized carbons (Fsp3) is 0.200. The molecule has 0 atom stereocenters. The molecule has 0 saturated heterocycles. The van der Waals surface area contributed by atoms with E-state index in [1.54, 1.807) is 41.1 Å². The molecule has 1 heterocycles. The van der Waals surface area contributed by atoms with Crippen molar-refractivity contribution in [3.05, 3.63) is 71.3 Å². The number of para-hydroxylation sites is 2. The summed E-state index contributed by atoms with van der Waals surface area (Å²) in [6.45, 7) is 3.82. The summed E-state index contributed by atoms with van der Waals surface area (Å²) in [5.74, 6) is 0.266. The maximum atomic E-state index is 13.3. The minimum absolute atomic E-state index is 0.167. The summed E-state index contributed by atoms with van der Waals surface area (Å²) in [6.07, 6.45) is 0.222. The molecule has 3 aromatic rings. The number of rotatable bonds is 5. The summed E-state index contributed by atoms with van der Waals surface area (Å²) in [5.41, 5.74) is 3.24. The monoisotopic (exact) mass is 353 g/mol. The Morgan fingerprint density at radius 3 is 2.65 bits per heavy atom. The van der Waals surface area contributed by atoms with Crippen LogP contribution < -0.4 is 10.1 Å². The first-order valence-electron chi connectivity index (χ1n) is 8.25. The molecule has 26 heavy (non-hydrogen) atoms. The van der Waals surface area contributed by atoms with Crippen LogP contribution in [0, 0.1) is 19.7 Å². The molecule has 1 N–H and O–H groups in total. The second kappa shape index (κ2) is 7.39. The van der Waals surface area contributed by atoms with Crippen molar-refractivity contribution in [3.63, 3.8) is 0 Å². The smallest absolute Gasteiger partial charge is 0.229 e. The molecule has 0 radical (unpaired) electrons. The lowest BCUT2D eigenvalue weighted by Gasteiger charge is -2.12. The van der Waals surface area contributed by atoms with Crippen LogP contribution in [0.15, 0.2) is 48.5 Å². The highest BCUT2D eigenvalue weighted by Crippen LogP contribution is 2.29. The number of hydrogen-bond acceptors (Lipinski definition) is 3. The topological polar surface area (TPSA) is 56.2 Å². The van der Waals surface area contributed by atoms with Gasteiger partial charge in [0.1, 0.15) is 11.6 Å². The van der Waals surface area contributed by atoms with Gasteiger partial charge in [0.2, 0.25) is 5.91 Å². The van der Waals surface area contributed by atoms with E-state index in [0.29, 0.717) is 17.2 Å². The van der Waals surface area contributed by atoms with Crippen LogP contribution >= 0.6 is 0 Å². The SMILES string of the molecule is Cc1nn(C)c(C)c1CC(=O)Nc1ccccc1Oc1cccc(F)c1. The van der Waals surface area contributed by atoms with E-state index in [0.717, 1.165) is 17.0 Å². The molecule has 0 saturated carbocycles. The number of benzene rings is 2. The Morgan fingerprint density at radius 2 is 1.96 bits per heavy atom. The predicted octanol–water partition coefficient (Wildman–Crippen LogP) is 4.15. The first kappa shape index (κ1) is 17.7. The van der Waals surface area contributed by atoms with Crippen molar-refractivity contribution in [3.8, 4) is 11.5 Å². The van der Waals surface area contributed by atoms with E-state index in [-0.39, 0.29) is 18.1 Å². The Hall–Kier alpha value is -3.15. The first-order valence-corrected chi connectivity index (χ1v) is 8.25. The van der Waals surface area contributed by atoms with Gasteiger partial charge < -0.3 is 10.1 Å². The Bertz CT molecular complexity index is 950. The van der Waals surface area contributed by atoms with Gasteiger partial charge in [-0.3, -0.25) is 9.48 Å². The van der Waals surface area contributed by atoms with Gasteiger partial charge >= 0.3 is 0 Å². The number of halogens is 1. The van der Waals surface area contributed by atoms with E-state index in [2.05, 4.69) is 10.4 Å². The van der Waals surface area contributed by atoms with Gasteiger partial charge in [0, 0.05) is 24.4 Å². The molecule has 0 unspecified atom stereocenters. The van der Waals surface area contributed by atoms with Crippen molar-refractivity contribution in [2.75, 3.05) is 5.32 Å². The van der Waals surface area contributed by atoms with E-state index in [9.17, 15) is 9.18 Å². The van der Waals surface area contributed by atoms with Crippen LogP contribution in [0.25, 0.3) is 0 Å². The molecule has 6 heteroatoms. The van der Waals surface area contributed by atoms with Gasteiger partial charge in [-0.1, -0.05) is 18.2 Å². The third-order valence-corrected chi connectivity index (χ3v) is 4.18. The number of aromatic nitrogens is 2. The molecule has 134 valence electrons. The number of nitrogens with one attached hydrogen (secondary N) is 1. The van der Waals surface area contributed by atoms with Gasteiger partial charge in [0.25, 0.3) is 0 Å². The van der Waals surface area contributed by atoms with Gasteiger partial charge in [-0.2, -0.15) is 5.10 Å². The average molecular weight is 353 g/mol. The van der Waals surface area contributed by atoms with E-state index >= 15 is 0 Å². The number of aryl methyl sites for hydroxylation is 2. The average Bonchev–Trinajstić information content (AvgIpc) is 2.83. The molecular formula is C20H20FN3O2. The third kappa shape index (κ3) is 3.91. The number of carbonyl (C=O) groups excluding carboxylic acids is 1. The number of anilines is 1. The summed E-state index contributed by atoms with van der Waals surface area (Å²) in [5, 5.41) is 7.19. The highest BCUT2D eigenvalue weighted by Gasteiger charge is 2.15. The van der Waals surface area contributed by atoms with Crippen molar-refractivity contribution in [2.45, 2.75) is 20.3 Å². The third-order valence-electron chi connectivity index (χ3n) is 4.18. The summed E-state index contributed by atoms with van der Waals surface area (Å²) >= 11 is 0. The van der Waals surface area contributed by atoms with E-state index in [1.165, 1.54) is 12.1 Å². The number of carbonyl (C=O) groups is 1. The van der Waals surface area contributed by atoms with Crippen molar-refractivity contribution in [1.29, 1.82) is 0 Å². The summed E-state index contributed by atoms with van der Waals surface area (Å²) in [6, 6.07) is 12.9. The fourth-order valence-electron chi connectivity index (χ4n) is 2.74. The Labute approximate surface area is 151 Å². The van der Waals surface area contributed by atoms with E-state index < -0.39 is 0 Å². The van der Waals surface area contributed by atoms with Crippen molar-refractivity contribution in [1.82, 2.24) is 9.78 Å². The van der Waals surface area contributed by atoms with Gasteiger partial charge in [0.15, 0.2) is 5.75 Å². The van der Waals surface area contributed by atoms with Crippen LogP contribution in [0.4, 0.5) is 10.1 Å². The molecule has 5 nitrogen and oxygen atoms in total. The van der Waals surface area contributed by atoms with Crippen molar-refractivity contribution in [2.24, 2.45) is 7.05 Å². The second-order valence-corrected chi connectivity index (χ2v) is 6.05. The number of amides is 1. The molecule has 1 aromatic heterocycles. The lowest BCUT2D eigenvalue weighted by atomic mass is 10.1. The zero-order chi connectivity index (χ0) is 18.7. The molecule has 0 aliphatic carbocycles. The highest BCUT2D eigenvalue weighted by molar-refractivity contribution is 5.94. The maximum Gasteiger partial charge on any atom is 0.229 e. The number of ether oxygens (including phenoxy) is 1. The molecular weight excluding hydrogens is 333 g/mol. The molecule has 0 aliphatic rings. The van der Waals surface area contributed by atoms with Crippen LogP contribution in [0.3, 0.4) is 0 Å². The van der Waals surface area contributed by atoms with Crippen LogP contribution in [-0.2, 0) is 18.3 Å². The summed E-state index contributed by atoms with van der Waals surface area (Å²) in [4.78, 5) is 12.5. The van der Waals surface area contributed by atoms with Crippen LogP contribution in [-0.4, -0.2) is 15.7 Å². The highest BCUT2D eigenvalue weighted by atomic mass is 19.1. The lowest BCUT2D eigenvalue weighted by Crippen LogP contribution is -2.15. The molecule has 0 bridgehead atoms. The Morgan fingerprint density at radius 1 is 1.19 bits per heavy atom. The van der Waals surface area contributed by atoms with Crippen LogP contribution in [0.5, 0.6) is 11.5 Å². The molecule has 1 amide bonds. The fourth-order valence-corrected chi connectivity index (χ4v) is 2.74. The number of nitrogens with zero attached hydrogens (tertiary/aromatic N) is 2. The van der Waals surface area contributed by atoms with Crippen molar-refractivity contribution >= 4 is 11.6 Å². The first-order chi connectivity index (χ1) is 12.4. The normalized spacial score (nSPS) is 10.6. The molecule has 0 aliphatic heterocycles. The van der Waals surface area contributed by atoms with Crippen LogP contribution in [0.2, 0.25) is 0 Å². The minimum Gasteiger partial charge on any atom is -0.455 e. The van der Waals surface area contributed by atoms with Gasteiger partial charge in [-0.15, -0.1) is 0 Å². The van der Waals surface area contributed by atoms with E-state index in [4.69, 9.17) is 4.74 Å². The van der Waals surface area contributed by atoms with Crippen LogP contribution in [0.1, 0.15) is 17.0 Å². The maximum absolute atomic E-state index is 13.3. The van der Waals surface area contributed by atoms with Gasteiger partial charge in [0.05, 0.1) is 17.8 Å². The molecule has 2 aromatic carbocycles. The summed E-state index contributed by atoms with van der Waals surface area (Å²) < 4.78 is 20.8. The Kier molecular flexibility index (Phi) is 5.02. The van der Waals surface area contributed by atoms with Crippen molar-refractivity contribution < 1.29 is 13.9 Å². The van der Waals surface area contributed by atoms with E-state index in [1.807, 2.05) is 20.9 Å². The largest absolute Gasteiger partial charge is 0.455 e. The second-order valence-electron chi connectivity index (χ2n) is 6.05. The van der Waals surface area contributed by atoms with Gasteiger partial charge in [-0.05, 0) is 38.1 Å². The predicted molar refractivity (Wildman–Crippen MR) is 97.9 cm³/mol. The molecule has 3 rings (SSSR count). The zero-order valence-electron chi connectivity index (χ0n) is 14.9. The minimum atomic E-state index is -0.383. The quantitative estimate of drug-likeness (QED) is 0.750. The summed E-state index contributed by atoms with van der Waals surface area (Å²) in [7, 11) is 1.85. The zero-order valence-corrected chi connectivity index (χ0v) is 14.9. The molecule has 0 spiro atoms. The Balaban J connectivity index is 1.76. The molecule has 0 fully saturated rings.